The maximum absolute atomic E-state index is 6.22. The fourth-order valence-electron chi connectivity index (χ4n) is 2.67. The molecule has 0 unspecified atom stereocenters. The van der Waals surface area contributed by atoms with Crippen molar-refractivity contribution in [2.75, 3.05) is 24.5 Å². The molecule has 1 N–H and O–H groups in total. The van der Waals surface area contributed by atoms with Gasteiger partial charge in [0.25, 0.3) is 0 Å². The second-order valence-electron chi connectivity index (χ2n) is 6.07. The third-order valence-electron chi connectivity index (χ3n) is 4.63. The van der Waals surface area contributed by atoms with Gasteiger partial charge in [0.05, 0.1) is 5.02 Å². The minimum Gasteiger partial charge on any atom is -0.357 e. The Morgan fingerprint density at radius 2 is 2.05 bits per heavy atom. The van der Waals surface area contributed by atoms with Gasteiger partial charge >= 0.3 is 0 Å². The van der Waals surface area contributed by atoms with Crippen LogP contribution in [0.4, 0.5) is 5.82 Å². The highest BCUT2D eigenvalue weighted by Crippen LogP contribution is 2.35. The Hall–Kier alpha value is -0.800. The van der Waals surface area contributed by atoms with E-state index < -0.39 is 0 Å². The van der Waals surface area contributed by atoms with Crippen molar-refractivity contribution in [2.45, 2.75) is 46.6 Å². The molecule has 4 heteroatoms. The van der Waals surface area contributed by atoms with Crippen LogP contribution >= 0.6 is 11.6 Å². The van der Waals surface area contributed by atoms with Crippen LogP contribution in [-0.4, -0.2) is 24.6 Å². The van der Waals surface area contributed by atoms with Gasteiger partial charge in [0.1, 0.15) is 5.82 Å². The molecular weight excluding hydrogens is 270 g/mol. The fourth-order valence-corrected chi connectivity index (χ4v) is 2.84. The summed E-state index contributed by atoms with van der Waals surface area (Å²) in [7, 11) is 0. The number of nitrogens with zero attached hydrogens (tertiary/aromatic N) is 2. The number of rotatable bonds is 5. The summed E-state index contributed by atoms with van der Waals surface area (Å²) in [5.41, 5.74) is 1.65. The molecule has 0 radical (unpaired) electrons. The van der Waals surface area contributed by atoms with Crippen LogP contribution in [0.3, 0.4) is 0 Å². The van der Waals surface area contributed by atoms with E-state index in [2.05, 4.69) is 42.0 Å². The molecular formula is C16H26ClN3. The summed E-state index contributed by atoms with van der Waals surface area (Å²) in [5.74, 6) is 1.07. The van der Waals surface area contributed by atoms with Crippen LogP contribution in [0, 0.1) is 5.41 Å². The van der Waals surface area contributed by atoms with Crippen molar-refractivity contribution < 1.29 is 0 Å². The van der Waals surface area contributed by atoms with Crippen LogP contribution in [0.2, 0.25) is 5.02 Å². The molecule has 0 spiro atoms. The maximum atomic E-state index is 6.22. The first-order valence-electron chi connectivity index (χ1n) is 7.68. The standard InChI is InChI=1S/C16H26ClN3/c1-4-16(3)6-8-20(9-7-16)15-10-13(11-18-5-2)14(17)12-19-15/h10,12,18H,4-9,11H2,1-3H3. The Bertz CT molecular complexity index is 439. The molecule has 112 valence electrons. The lowest BCUT2D eigenvalue weighted by molar-refractivity contribution is 0.238. The zero-order valence-corrected chi connectivity index (χ0v) is 13.6. The number of nitrogens with one attached hydrogen (secondary N) is 1. The largest absolute Gasteiger partial charge is 0.357 e. The highest BCUT2D eigenvalue weighted by molar-refractivity contribution is 6.31. The Labute approximate surface area is 127 Å². The number of piperidine rings is 1. The van der Waals surface area contributed by atoms with Crippen molar-refractivity contribution in [1.29, 1.82) is 0 Å². The molecule has 1 aromatic heterocycles. The quantitative estimate of drug-likeness (QED) is 0.894. The van der Waals surface area contributed by atoms with Crippen LogP contribution < -0.4 is 10.2 Å². The minimum absolute atomic E-state index is 0.509. The monoisotopic (exact) mass is 295 g/mol. The van der Waals surface area contributed by atoms with Crippen LogP contribution in [0.25, 0.3) is 0 Å². The predicted octanol–water partition coefficient (Wildman–Crippen LogP) is 3.86. The minimum atomic E-state index is 0.509. The van der Waals surface area contributed by atoms with E-state index in [1.54, 1.807) is 6.20 Å². The summed E-state index contributed by atoms with van der Waals surface area (Å²) < 4.78 is 0. The van der Waals surface area contributed by atoms with E-state index in [1.165, 1.54) is 19.3 Å². The summed E-state index contributed by atoms with van der Waals surface area (Å²) in [4.78, 5) is 6.90. The number of pyridine rings is 1. The molecule has 20 heavy (non-hydrogen) atoms. The van der Waals surface area contributed by atoms with Crippen LogP contribution in [0.15, 0.2) is 12.3 Å². The van der Waals surface area contributed by atoms with E-state index in [0.717, 1.165) is 42.6 Å². The van der Waals surface area contributed by atoms with Crippen molar-refractivity contribution in [2.24, 2.45) is 5.41 Å². The third kappa shape index (κ3) is 3.64. The molecule has 2 rings (SSSR count). The van der Waals surface area contributed by atoms with Crippen molar-refractivity contribution >= 4 is 17.4 Å². The molecule has 1 aliphatic heterocycles. The lowest BCUT2D eigenvalue weighted by atomic mass is 9.78. The van der Waals surface area contributed by atoms with E-state index in [4.69, 9.17) is 11.6 Å². The van der Waals surface area contributed by atoms with Crippen molar-refractivity contribution in [3.8, 4) is 0 Å². The SMILES string of the molecule is CCNCc1cc(N2CCC(C)(CC)CC2)ncc1Cl. The summed E-state index contributed by atoms with van der Waals surface area (Å²) in [6.45, 7) is 10.8. The van der Waals surface area contributed by atoms with Crippen LogP contribution in [0.1, 0.15) is 45.6 Å². The Kier molecular flexibility index (Phi) is 5.28. The number of anilines is 1. The predicted molar refractivity (Wildman–Crippen MR) is 86.5 cm³/mol. The van der Waals surface area contributed by atoms with Gasteiger partial charge < -0.3 is 10.2 Å². The highest BCUT2D eigenvalue weighted by atomic mass is 35.5. The van der Waals surface area contributed by atoms with E-state index in [-0.39, 0.29) is 0 Å². The number of halogens is 1. The summed E-state index contributed by atoms with van der Waals surface area (Å²) >= 11 is 6.22. The first kappa shape index (κ1) is 15.6. The molecule has 0 amide bonds. The zero-order chi connectivity index (χ0) is 14.6. The number of hydrogen-bond acceptors (Lipinski definition) is 3. The van der Waals surface area contributed by atoms with Crippen molar-refractivity contribution in [3.63, 3.8) is 0 Å². The van der Waals surface area contributed by atoms with E-state index in [1.807, 2.05) is 0 Å². The first-order valence-corrected chi connectivity index (χ1v) is 8.06. The van der Waals surface area contributed by atoms with Gasteiger partial charge in [-0.2, -0.15) is 0 Å². The molecule has 0 saturated carbocycles. The van der Waals surface area contributed by atoms with Gasteiger partial charge in [-0.3, -0.25) is 0 Å². The summed E-state index contributed by atoms with van der Waals surface area (Å²) in [6.07, 6.45) is 5.55. The molecule has 0 aromatic carbocycles. The van der Waals surface area contributed by atoms with Crippen molar-refractivity contribution in [1.82, 2.24) is 10.3 Å². The Morgan fingerprint density at radius 1 is 1.35 bits per heavy atom. The van der Waals surface area contributed by atoms with Gasteiger partial charge in [0, 0.05) is 25.8 Å². The van der Waals surface area contributed by atoms with Gasteiger partial charge in [-0.25, -0.2) is 4.98 Å². The lowest BCUT2D eigenvalue weighted by Gasteiger charge is -2.39. The second kappa shape index (κ2) is 6.77. The first-order chi connectivity index (χ1) is 9.58. The van der Waals surface area contributed by atoms with Gasteiger partial charge in [0.15, 0.2) is 0 Å². The normalized spacial score (nSPS) is 18.3. The second-order valence-corrected chi connectivity index (χ2v) is 6.47. The smallest absolute Gasteiger partial charge is 0.128 e. The van der Waals surface area contributed by atoms with Crippen molar-refractivity contribution in [3.05, 3.63) is 22.8 Å². The van der Waals surface area contributed by atoms with E-state index in [9.17, 15) is 0 Å². The fraction of sp³-hybridized carbons (Fsp3) is 0.688. The molecule has 0 bridgehead atoms. The molecule has 0 aliphatic carbocycles. The summed E-state index contributed by atoms with van der Waals surface area (Å²) in [6, 6.07) is 2.14. The highest BCUT2D eigenvalue weighted by Gasteiger charge is 2.28. The van der Waals surface area contributed by atoms with Gasteiger partial charge in [-0.15, -0.1) is 0 Å². The molecule has 1 aromatic rings. The van der Waals surface area contributed by atoms with Crippen LogP contribution in [-0.2, 0) is 6.54 Å². The lowest BCUT2D eigenvalue weighted by Crippen LogP contribution is -2.38. The van der Waals surface area contributed by atoms with Gasteiger partial charge in [-0.1, -0.05) is 38.8 Å². The average molecular weight is 296 g/mol. The summed E-state index contributed by atoms with van der Waals surface area (Å²) in [5, 5.41) is 4.08. The topological polar surface area (TPSA) is 28.2 Å². The molecule has 3 nitrogen and oxygen atoms in total. The van der Waals surface area contributed by atoms with Gasteiger partial charge in [0.2, 0.25) is 0 Å². The molecule has 1 saturated heterocycles. The van der Waals surface area contributed by atoms with E-state index in [0.29, 0.717) is 5.41 Å². The number of hydrogen-bond donors (Lipinski definition) is 1. The van der Waals surface area contributed by atoms with Crippen LogP contribution in [0.5, 0.6) is 0 Å². The Morgan fingerprint density at radius 3 is 2.65 bits per heavy atom. The molecule has 1 aliphatic rings. The number of aromatic nitrogens is 1. The zero-order valence-electron chi connectivity index (χ0n) is 12.9. The maximum Gasteiger partial charge on any atom is 0.128 e. The molecule has 2 heterocycles. The average Bonchev–Trinajstić information content (AvgIpc) is 2.47. The Balaban J connectivity index is 2.06. The molecule has 1 fully saturated rings. The third-order valence-corrected chi connectivity index (χ3v) is 4.97. The van der Waals surface area contributed by atoms with Gasteiger partial charge in [-0.05, 0) is 36.4 Å². The van der Waals surface area contributed by atoms with E-state index >= 15 is 0 Å². The molecule has 0 atom stereocenters.